The average Bonchev–Trinajstić information content (AvgIpc) is 3.09. The lowest BCUT2D eigenvalue weighted by atomic mass is 10.2. The normalized spacial score (nSPS) is 11.2. The minimum atomic E-state index is 0.444. The molecule has 0 saturated heterocycles. The maximum atomic E-state index is 5.70. The minimum absolute atomic E-state index is 0.444. The van der Waals surface area contributed by atoms with E-state index in [1.807, 2.05) is 30.3 Å². The van der Waals surface area contributed by atoms with Crippen molar-refractivity contribution in [1.82, 2.24) is 15.5 Å². The Morgan fingerprint density at radius 3 is 2.90 bits per heavy atom. The van der Waals surface area contributed by atoms with Crippen LogP contribution in [0, 0.1) is 0 Å². The van der Waals surface area contributed by atoms with E-state index in [9.17, 15) is 0 Å². The predicted molar refractivity (Wildman–Crippen MR) is 76.4 cm³/mol. The number of aryl methyl sites for hydroxylation is 1. The molecule has 0 unspecified atom stereocenters. The Morgan fingerprint density at radius 2 is 2.05 bits per heavy atom. The van der Waals surface area contributed by atoms with E-state index in [4.69, 9.17) is 8.83 Å². The van der Waals surface area contributed by atoms with Gasteiger partial charge in [-0.05, 0) is 31.6 Å². The van der Waals surface area contributed by atoms with Gasteiger partial charge in [-0.3, -0.25) is 0 Å². The highest BCUT2D eigenvalue weighted by Crippen LogP contribution is 2.26. The lowest BCUT2D eigenvalue weighted by molar-refractivity contribution is 0.477. The zero-order valence-electron chi connectivity index (χ0n) is 11.4. The third-order valence-electron chi connectivity index (χ3n) is 3.10. The summed E-state index contributed by atoms with van der Waals surface area (Å²) in [7, 11) is 0. The van der Waals surface area contributed by atoms with Crippen molar-refractivity contribution < 1.29 is 8.83 Å². The van der Waals surface area contributed by atoms with Crippen molar-refractivity contribution in [3.63, 3.8) is 0 Å². The largest absolute Gasteiger partial charge is 0.451 e. The maximum Gasteiger partial charge on any atom is 0.283 e. The molecule has 1 aromatic carbocycles. The number of benzene rings is 1. The van der Waals surface area contributed by atoms with Crippen molar-refractivity contribution in [2.75, 3.05) is 13.1 Å². The van der Waals surface area contributed by atoms with Crippen molar-refractivity contribution in [3.8, 4) is 11.7 Å². The van der Waals surface area contributed by atoms with Gasteiger partial charge in [-0.2, -0.15) is 0 Å². The van der Waals surface area contributed by atoms with Crippen LogP contribution in [0.4, 0.5) is 0 Å². The molecule has 0 spiro atoms. The van der Waals surface area contributed by atoms with E-state index >= 15 is 0 Å². The van der Waals surface area contributed by atoms with E-state index < -0.39 is 0 Å². The summed E-state index contributed by atoms with van der Waals surface area (Å²) < 4.78 is 11.3. The topological polar surface area (TPSA) is 64.1 Å². The number of furan rings is 1. The molecule has 2 aromatic heterocycles. The van der Waals surface area contributed by atoms with Crippen LogP contribution in [-0.4, -0.2) is 23.3 Å². The lowest BCUT2D eigenvalue weighted by Gasteiger charge is -1.97. The maximum absolute atomic E-state index is 5.70. The van der Waals surface area contributed by atoms with E-state index in [1.54, 1.807) is 0 Å². The molecular formula is C15H17N3O2. The molecule has 0 saturated carbocycles. The highest BCUT2D eigenvalue weighted by molar-refractivity contribution is 5.81. The summed E-state index contributed by atoms with van der Waals surface area (Å²) >= 11 is 0. The molecule has 0 aliphatic rings. The third kappa shape index (κ3) is 2.72. The molecule has 104 valence electrons. The SMILES string of the molecule is CCNCCCc1nnc(-c2cc3ccccc3o2)o1. The fourth-order valence-electron chi connectivity index (χ4n) is 2.08. The Balaban J connectivity index is 1.72. The number of aromatic nitrogens is 2. The van der Waals surface area contributed by atoms with Gasteiger partial charge in [0.1, 0.15) is 5.58 Å². The Kier molecular flexibility index (Phi) is 3.78. The predicted octanol–water partition coefficient (Wildman–Crippen LogP) is 3.02. The van der Waals surface area contributed by atoms with Crippen LogP contribution in [0.2, 0.25) is 0 Å². The number of hydrogen-bond acceptors (Lipinski definition) is 5. The van der Waals surface area contributed by atoms with Gasteiger partial charge in [-0.15, -0.1) is 10.2 Å². The summed E-state index contributed by atoms with van der Waals surface area (Å²) in [5.41, 5.74) is 0.828. The molecule has 0 aliphatic carbocycles. The molecule has 0 atom stereocenters. The number of fused-ring (bicyclic) bond motifs is 1. The third-order valence-corrected chi connectivity index (χ3v) is 3.10. The summed E-state index contributed by atoms with van der Waals surface area (Å²) in [6.45, 7) is 4.03. The van der Waals surface area contributed by atoms with Gasteiger partial charge in [0.25, 0.3) is 5.89 Å². The van der Waals surface area contributed by atoms with Crippen LogP contribution in [0.5, 0.6) is 0 Å². The molecule has 1 N–H and O–H groups in total. The van der Waals surface area contributed by atoms with Crippen molar-refractivity contribution in [2.24, 2.45) is 0 Å². The minimum Gasteiger partial charge on any atom is -0.451 e. The fourth-order valence-corrected chi connectivity index (χ4v) is 2.08. The quantitative estimate of drug-likeness (QED) is 0.698. The summed E-state index contributed by atoms with van der Waals surface area (Å²) in [6, 6.07) is 9.75. The van der Waals surface area contributed by atoms with Crippen LogP contribution in [0.3, 0.4) is 0 Å². The first-order chi connectivity index (χ1) is 9.86. The van der Waals surface area contributed by atoms with Gasteiger partial charge in [0, 0.05) is 11.8 Å². The molecule has 0 fully saturated rings. The van der Waals surface area contributed by atoms with Crippen molar-refractivity contribution in [2.45, 2.75) is 19.8 Å². The second-order valence-corrected chi connectivity index (χ2v) is 4.61. The number of rotatable bonds is 6. The Morgan fingerprint density at radius 1 is 1.15 bits per heavy atom. The number of para-hydroxylation sites is 1. The van der Waals surface area contributed by atoms with Crippen LogP contribution in [0.1, 0.15) is 19.2 Å². The van der Waals surface area contributed by atoms with Gasteiger partial charge in [-0.1, -0.05) is 25.1 Å². The van der Waals surface area contributed by atoms with Gasteiger partial charge < -0.3 is 14.2 Å². The van der Waals surface area contributed by atoms with Crippen molar-refractivity contribution in [1.29, 1.82) is 0 Å². The van der Waals surface area contributed by atoms with Crippen LogP contribution in [-0.2, 0) is 6.42 Å². The molecule has 0 aliphatic heterocycles. The molecule has 3 aromatic rings. The van der Waals surface area contributed by atoms with E-state index in [2.05, 4.69) is 22.4 Å². The van der Waals surface area contributed by atoms with Gasteiger partial charge >= 0.3 is 0 Å². The zero-order chi connectivity index (χ0) is 13.8. The van der Waals surface area contributed by atoms with E-state index in [1.165, 1.54) is 0 Å². The zero-order valence-corrected chi connectivity index (χ0v) is 11.4. The van der Waals surface area contributed by atoms with Crippen molar-refractivity contribution >= 4 is 11.0 Å². The molecule has 5 nitrogen and oxygen atoms in total. The first kappa shape index (κ1) is 12.9. The van der Waals surface area contributed by atoms with E-state index in [0.717, 1.165) is 36.9 Å². The van der Waals surface area contributed by atoms with E-state index in [-0.39, 0.29) is 0 Å². The number of hydrogen-bond donors (Lipinski definition) is 1. The van der Waals surface area contributed by atoms with E-state index in [0.29, 0.717) is 17.5 Å². The summed E-state index contributed by atoms with van der Waals surface area (Å²) in [6.07, 6.45) is 1.76. The molecule has 0 bridgehead atoms. The molecule has 0 radical (unpaired) electrons. The Labute approximate surface area is 117 Å². The number of nitrogens with zero attached hydrogens (tertiary/aromatic N) is 2. The highest BCUT2D eigenvalue weighted by atomic mass is 16.4. The van der Waals surface area contributed by atoms with Gasteiger partial charge in [0.2, 0.25) is 5.89 Å². The van der Waals surface area contributed by atoms with Crippen LogP contribution in [0.15, 0.2) is 39.2 Å². The fraction of sp³-hybridized carbons (Fsp3) is 0.333. The molecular weight excluding hydrogens is 254 g/mol. The van der Waals surface area contributed by atoms with Gasteiger partial charge in [0.05, 0.1) is 0 Å². The molecule has 20 heavy (non-hydrogen) atoms. The molecule has 2 heterocycles. The average molecular weight is 271 g/mol. The lowest BCUT2D eigenvalue weighted by Crippen LogP contribution is -2.14. The molecule has 0 amide bonds. The summed E-state index contributed by atoms with van der Waals surface area (Å²) in [5.74, 6) is 1.72. The Hall–Kier alpha value is -2.14. The van der Waals surface area contributed by atoms with Crippen LogP contribution >= 0.6 is 0 Å². The van der Waals surface area contributed by atoms with Gasteiger partial charge in [-0.25, -0.2) is 0 Å². The smallest absolute Gasteiger partial charge is 0.283 e. The second kappa shape index (κ2) is 5.88. The van der Waals surface area contributed by atoms with Gasteiger partial charge in [0.15, 0.2) is 5.76 Å². The van der Waals surface area contributed by atoms with Crippen LogP contribution in [0.25, 0.3) is 22.6 Å². The number of nitrogens with one attached hydrogen (secondary N) is 1. The summed E-state index contributed by atoms with van der Waals surface area (Å²) in [4.78, 5) is 0. The first-order valence-electron chi connectivity index (χ1n) is 6.89. The molecule has 3 rings (SSSR count). The Bertz CT molecular complexity index is 654. The second-order valence-electron chi connectivity index (χ2n) is 4.61. The first-order valence-corrected chi connectivity index (χ1v) is 6.89. The molecule has 5 heteroatoms. The standard InChI is InChI=1S/C15H17N3O2/c1-2-16-9-5-8-14-17-18-15(20-14)13-10-11-6-3-4-7-12(11)19-13/h3-4,6-7,10,16H,2,5,8-9H2,1H3. The summed E-state index contributed by atoms with van der Waals surface area (Å²) in [5, 5.41) is 12.4. The van der Waals surface area contributed by atoms with Crippen molar-refractivity contribution in [3.05, 3.63) is 36.2 Å². The van der Waals surface area contributed by atoms with Crippen LogP contribution < -0.4 is 5.32 Å². The monoisotopic (exact) mass is 271 g/mol. The highest BCUT2D eigenvalue weighted by Gasteiger charge is 2.13.